The Bertz CT molecular complexity index is 802. The summed E-state index contributed by atoms with van der Waals surface area (Å²) in [5.41, 5.74) is 10.3. The van der Waals surface area contributed by atoms with Crippen molar-refractivity contribution < 1.29 is 0 Å². The largest absolute Gasteiger partial charge is 0.383 e. The fourth-order valence-electron chi connectivity index (χ4n) is 2.62. The lowest BCUT2D eigenvalue weighted by atomic mass is 10.2. The number of nitrogen functional groups attached to an aromatic ring is 1. The first-order valence-electron chi connectivity index (χ1n) is 7.44. The first-order chi connectivity index (χ1) is 10.6. The average Bonchev–Trinajstić information content (AvgIpc) is 2.98. The third-order valence-corrected chi connectivity index (χ3v) is 4.94. The Balaban J connectivity index is 2.11. The van der Waals surface area contributed by atoms with Gasteiger partial charge in [0.05, 0.1) is 22.3 Å². The summed E-state index contributed by atoms with van der Waals surface area (Å²) in [4.78, 5) is 4.77. The smallest absolute Gasteiger partial charge is 0.146 e. The highest BCUT2D eigenvalue weighted by molar-refractivity contribution is 7.98. The highest BCUT2D eigenvalue weighted by Crippen LogP contribution is 2.32. The van der Waals surface area contributed by atoms with E-state index in [4.69, 9.17) is 10.7 Å². The molecule has 1 aromatic carbocycles. The van der Waals surface area contributed by atoms with E-state index in [0.717, 1.165) is 46.0 Å². The number of benzene rings is 1. The van der Waals surface area contributed by atoms with E-state index in [-0.39, 0.29) is 0 Å². The van der Waals surface area contributed by atoms with Gasteiger partial charge in [0, 0.05) is 19.8 Å². The normalized spacial score (nSPS) is 11.4. The van der Waals surface area contributed by atoms with Gasteiger partial charge in [-0.3, -0.25) is 4.68 Å². The van der Waals surface area contributed by atoms with Crippen LogP contribution in [0.2, 0.25) is 0 Å². The molecular weight excluding hydrogens is 294 g/mol. The lowest BCUT2D eigenvalue weighted by Gasteiger charge is -2.04. The van der Waals surface area contributed by atoms with E-state index in [1.54, 1.807) is 4.68 Å². The number of nitrogens with two attached hydrogens (primary N) is 1. The van der Waals surface area contributed by atoms with Crippen molar-refractivity contribution in [2.75, 3.05) is 11.5 Å². The molecule has 0 spiro atoms. The van der Waals surface area contributed by atoms with E-state index in [1.807, 2.05) is 44.1 Å². The first-order valence-corrected chi connectivity index (χ1v) is 8.59. The molecule has 2 aromatic heterocycles. The highest BCUT2D eigenvalue weighted by Gasteiger charge is 2.20. The zero-order valence-electron chi connectivity index (χ0n) is 13.2. The predicted molar refractivity (Wildman–Crippen MR) is 93.8 cm³/mol. The highest BCUT2D eigenvalue weighted by atomic mass is 32.2. The van der Waals surface area contributed by atoms with Crippen molar-refractivity contribution in [3.05, 3.63) is 30.0 Å². The second kappa shape index (κ2) is 6.04. The molecule has 6 heteroatoms. The molecule has 3 rings (SSSR count). The lowest BCUT2D eigenvalue weighted by Crippen LogP contribution is -2.00. The number of anilines is 1. The fraction of sp³-hybridized carbons (Fsp3) is 0.375. The van der Waals surface area contributed by atoms with Crippen molar-refractivity contribution in [1.29, 1.82) is 0 Å². The van der Waals surface area contributed by atoms with Gasteiger partial charge in [-0.15, -0.1) is 0 Å². The summed E-state index contributed by atoms with van der Waals surface area (Å²) in [5, 5.41) is 4.59. The molecule has 22 heavy (non-hydrogen) atoms. The molecule has 3 aromatic rings. The number of hydrogen-bond donors (Lipinski definition) is 1. The topological polar surface area (TPSA) is 61.7 Å². The van der Waals surface area contributed by atoms with Gasteiger partial charge in [0.2, 0.25) is 0 Å². The molecule has 2 N–H and O–H groups in total. The summed E-state index contributed by atoms with van der Waals surface area (Å²) in [7, 11) is 3.91. The van der Waals surface area contributed by atoms with Crippen LogP contribution in [0.15, 0.2) is 24.3 Å². The Hall–Kier alpha value is -1.95. The van der Waals surface area contributed by atoms with E-state index < -0.39 is 0 Å². The van der Waals surface area contributed by atoms with Crippen molar-refractivity contribution in [2.24, 2.45) is 14.1 Å². The van der Waals surface area contributed by atoms with E-state index in [1.165, 1.54) is 0 Å². The molecule has 0 aliphatic rings. The Morgan fingerprint density at radius 3 is 2.73 bits per heavy atom. The standard InChI is InChI=1S/C16H21N5S/c1-4-9-22-10-12-14(15(17)21(3)19-12)16-18-11-7-5-6-8-13(11)20(16)2/h5-8H,4,9-10,17H2,1-3H3. The van der Waals surface area contributed by atoms with Crippen LogP contribution < -0.4 is 5.73 Å². The van der Waals surface area contributed by atoms with Gasteiger partial charge in [-0.1, -0.05) is 19.1 Å². The minimum atomic E-state index is 0.672. The number of aromatic nitrogens is 4. The molecule has 0 radical (unpaired) electrons. The van der Waals surface area contributed by atoms with E-state index in [2.05, 4.69) is 22.7 Å². The van der Waals surface area contributed by atoms with Gasteiger partial charge < -0.3 is 10.3 Å². The summed E-state index contributed by atoms with van der Waals surface area (Å²) in [5.74, 6) is 3.54. The van der Waals surface area contributed by atoms with Gasteiger partial charge in [0.15, 0.2) is 0 Å². The van der Waals surface area contributed by atoms with Gasteiger partial charge in [0.25, 0.3) is 0 Å². The van der Waals surface area contributed by atoms with Crippen LogP contribution in [0.1, 0.15) is 19.0 Å². The van der Waals surface area contributed by atoms with Crippen LogP contribution in [0.25, 0.3) is 22.4 Å². The lowest BCUT2D eigenvalue weighted by molar-refractivity contribution is 0.765. The molecule has 0 atom stereocenters. The van der Waals surface area contributed by atoms with Gasteiger partial charge >= 0.3 is 0 Å². The third kappa shape index (κ3) is 2.47. The number of thioether (sulfide) groups is 1. The second-order valence-corrected chi connectivity index (χ2v) is 6.47. The summed E-state index contributed by atoms with van der Waals surface area (Å²) < 4.78 is 3.84. The molecule has 5 nitrogen and oxygen atoms in total. The van der Waals surface area contributed by atoms with Crippen molar-refractivity contribution in [2.45, 2.75) is 19.1 Å². The first kappa shape index (κ1) is 15.0. The molecule has 0 aliphatic carbocycles. The van der Waals surface area contributed by atoms with Crippen molar-refractivity contribution >= 4 is 28.6 Å². The van der Waals surface area contributed by atoms with Gasteiger partial charge in [-0.2, -0.15) is 16.9 Å². The number of aryl methyl sites for hydroxylation is 2. The summed E-state index contributed by atoms with van der Waals surface area (Å²) in [6.07, 6.45) is 1.16. The quantitative estimate of drug-likeness (QED) is 0.735. The van der Waals surface area contributed by atoms with Crippen molar-refractivity contribution in [3.63, 3.8) is 0 Å². The maximum atomic E-state index is 6.27. The monoisotopic (exact) mass is 315 g/mol. The van der Waals surface area contributed by atoms with E-state index >= 15 is 0 Å². The van der Waals surface area contributed by atoms with Crippen LogP contribution >= 0.6 is 11.8 Å². The number of nitrogens with zero attached hydrogens (tertiary/aromatic N) is 4. The molecule has 2 heterocycles. The zero-order chi connectivity index (χ0) is 15.7. The van der Waals surface area contributed by atoms with Crippen molar-refractivity contribution in [3.8, 4) is 11.4 Å². The maximum Gasteiger partial charge on any atom is 0.146 e. The number of hydrogen-bond acceptors (Lipinski definition) is 4. The van der Waals surface area contributed by atoms with Gasteiger partial charge in [-0.25, -0.2) is 4.98 Å². The molecule has 116 valence electrons. The van der Waals surface area contributed by atoms with E-state index in [0.29, 0.717) is 5.82 Å². The summed E-state index contributed by atoms with van der Waals surface area (Å²) in [6, 6.07) is 8.13. The SMILES string of the molecule is CCCSCc1nn(C)c(N)c1-c1nc2ccccc2n1C. The Labute approximate surface area is 134 Å². The van der Waals surface area contributed by atoms with Crippen LogP contribution in [0.5, 0.6) is 0 Å². The zero-order valence-corrected chi connectivity index (χ0v) is 14.0. The number of rotatable bonds is 5. The maximum absolute atomic E-state index is 6.27. The minimum absolute atomic E-state index is 0.672. The van der Waals surface area contributed by atoms with Crippen LogP contribution in [-0.4, -0.2) is 25.1 Å². The summed E-state index contributed by atoms with van der Waals surface area (Å²) in [6.45, 7) is 2.19. The summed E-state index contributed by atoms with van der Waals surface area (Å²) >= 11 is 1.88. The van der Waals surface area contributed by atoms with Crippen LogP contribution in [0, 0.1) is 0 Å². The predicted octanol–water partition coefficient (Wildman–Crippen LogP) is 3.20. The molecule has 0 aliphatic heterocycles. The molecule has 0 bridgehead atoms. The second-order valence-electron chi connectivity index (χ2n) is 5.37. The molecular formula is C16H21N5S. The molecule has 0 saturated carbocycles. The van der Waals surface area contributed by atoms with E-state index in [9.17, 15) is 0 Å². The average molecular weight is 315 g/mol. The Morgan fingerprint density at radius 1 is 1.23 bits per heavy atom. The number of para-hydroxylation sites is 2. The van der Waals surface area contributed by atoms with Crippen molar-refractivity contribution in [1.82, 2.24) is 19.3 Å². The minimum Gasteiger partial charge on any atom is -0.383 e. The third-order valence-electron chi connectivity index (χ3n) is 3.76. The van der Waals surface area contributed by atoms with Crippen LogP contribution in [-0.2, 0) is 19.8 Å². The van der Waals surface area contributed by atoms with Crippen LogP contribution in [0.4, 0.5) is 5.82 Å². The molecule has 0 unspecified atom stereocenters. The molecule has 0 fully saturated rings. The number of fused-ring (bicyclic) bond motifs is 1. The molecule has 0 amide bonds. The fourth-order valence-corrected chi connectivity index (χ4v) is 3.45. The number of imidazole rings is 1. The van der Waals surface area contributed by atoms with Gasteiger partial charge in [0.1, 0.15) is 11.6 Å². The molecule has 0 saturated heterocycles. The van der Waals surface area contributed by atoms with Gasteiger partial charge in [-0.05, 0) is 24.3 Å². The van der Waals surface area contributed by atoms with Crippen LogP contribution in [0.3, 0.4) is 0 Å². The Kier molecular flexibility index (Phi) is 4.11. The Morgan fingerprint density at radius 2 is 2.00 bits per heavy atom.